The third-order valence-electron chi connectivity index (χ3n) is 7.95. The molecule has 0 saturated carbocycles. The van der Waals surface area contributed by atoms with Crippen molar-refractivity contribution in [3.63, 3.8) is 0 Å². The predicted molar refractivity (Wildman–Crippen MR) is 149 cm³/mol. The Hall–Kier alpha value is -4.62. The first-order valence-corrected chi connectivity index (χ1v) is 13.3. The second kappa shape index (κ2) is 9.60. The molecule has 3 aromatic heterocycles. The number of rotatable bonds is 4. The van der Waals surface area contributed by atoms with E-state index in [4.69, 9.17) is 5.73 Å². The number of H-pyrrole nitrogens is 1. The Kier molecular flexibility index (Phi) is 5.78. The van der Waals surface area contributed by atoms with Gasteiger partial charge in [0.05, 0.1) is 29.8 Å². The minimum Gasteiger partial charge on any atom is -0.507 e. The molecular weight excluding hydrogens is 490 g/mol. The van der Waals surface area contributed by atoms with Crippen LogP contribution in [-0.4, -0.2) is 67.1 Å². The van der Waals surface area contributed by atoms with Gasteiger partial charge >= 0.3 is 0 Å². The van der Waals surface area contributed by atoms with Gasteiger partial charge in [-0.25, -0.2) is 4.98 Å². The number of nitrogens with zero attached hydrogens (tertiary/aromatic N) is 7. The van der Waals surface area contributed by atoms with E-state index in [1.807, 2.05) is 30.6 Å². The summed E-state index contributed by atoms with van der Waals surface area (Å²) < 4.78 is 0. The number of fused-ring (bicyclic) bond motifs is 3. The van der Waals surface area contributed by atoms with E-state index in [1.54, 1.807) is 12.1 Å². The predicted octanol–water partition coefficient (Wildman–Crippen LogP) is 2.77. The largest absolute Gasteiger partial charge is 0.507 e. The molecule has 10 heteroatoms. The molecule has 0 aliphatic carbocycles. The molecule has 6 heterocycles. The number of aromatic nitrogens is 5. The molecule has 4 N–H and O–H groups in total. The van der Waals surface area contributed by atoms with Crippen molar-refractivity contribution in [1.29, 1.82) is 0 Å². The van der Waals surface area contributed by atoms with E-state index in [0.29, 0.717) is 35.7 Å². The highest BCUT2D eigenvalue weighted by Crippen LogP contribution is 2.39. The number of piperazine rings is 1. The summed E-state index contributed by atoms with van der Waals surface area (Å²) in [5.41, 5.74) is 12.8. The number of nitrogens with one attached hydrogen (secondary N) is 1. The van der Waals surface area contributed by atoms with Crippen LogP contribution in [0.2, 0.25) is 0 Å². The van der Waals surface area contributed by atoms with Gasteiger partial charge in [-0.15, -0.1) is 10.2 Å². The Balaban J connectivity index is 1.06. The summed E-state index contributed by atoms with van der Waals surface area (Å²) in [6, 6.07) is 14.0. The van der Waals surface area contributed by atoms with E-state index in [0.717, 1.165) is 50.4 Å². The zero-order chi connectivity index (χ0) is 26.3. The molecule has 2 atom stereocenters. The topological polar surface area (TPSA) is 123 Å². The number of hydrogen-bond donors (Lipinski definition) is 3. The average molecular weight is 520 g/mol. The molecule has 2 fully saturated rings. The van der Waals surface area contributed by atoms with Gasteiger partial charge in [0.1, 0.15) is 11.4 Å². The molecule has 2 saturated heterocycles. The number of aromatic hydroxyl groups is 1. The first-order chi connectivity index (χ1) is 19.1. The van der Waals surface area contributed by atoms with Crippen molar-refractivity contribution in [2.24, 2.45) is 0 Å². The quantitative estimate of drug-likeness (QED) is 0.349. The maximum absolute atomic E-state index is 10.3. The van der Waals surface area contributed by atoms with Crippen LogP contribution in [0, 0.1) is 11.8 Å². The molecule has 7 rings (SSSR count). The van der Waals surface area contributed by atoms with Crippen LogP contribution in [0.3, 0.4) is 0 Å². The molecule has 3 aliphatic heterocycles. The van der Waals surface area contributed by atoms with Crippen LogP contribution in [0.5, 0.6) is 5.75 Å². The number of nitrogen functional groups attached to an aromatic ring is 1. The Bertz CT molecular complexity index is 1550. The fourth-order valence-corrected chi connectivity index (χ4v) is 6.12. The van der Waals surface area contributed by atoms with Gasteiger partial charge in [0.25, 0.3) is 0 Å². The van der Waals surface area contributed by atoms with E-state index < -0.39 is 0 Å². The fourth-order valence-electron chi connectivity index (χ4n) is 6.12. The summed E-state index contributed by atoms with van der Waals surface area (Å²) in [5.74, 6) is 7.16. The van der Waals surface area contributed by atoms with Crippen LogP contribution in [0.15, 0.2) is 54.9 Å². The van der Waals surface area contributed by atoms with Gasteiger partial charge < -0.3 is 20.6 Å². The summed E-state index contributed by atoms with van der Waals surface area (Å²) in [5, 5.41) is 25.9. The molecule has 4 aromatic rings. The number of phenols is 1. The average Bonchev–Trinajstić information content (AvgIpc) is 3.61. The van der Waals surface area contributed by atoms with E-state index in [9.17, 15) is 5.11 Å². The monoisotopic (exact) mass is 519 g/mol. The molecule has 1 aromatic carbocycles. The maximum Gasteiger partial charge on any atom is 0.169 e. The van der Waals surface area contributed by atoms with Crippen molar-refractivity contribution in [3.8, 4) is 28.8 Å². The smallest absolute Gasteiger partial charge is 0.169 e. The van der Waals surface area contributed by atoms with Gasteiger partial charge in [0.15, 0.2) is 5.82 Å². The molecular formula is C29H29N9O. The lowest BCUT2D eigenvalue weighted by atomic mass is 10.1. The normalized spacial score (nSPS) is 20.1. The molecule has 0 radical (unpaired) electrons. The lowest BCUT2D eigenvalue weighted by molar-refractivity contribution is 0.318. The number of hydrogen-bond acceptors (Lipinski definition) is 9. The standard InChI is InChI=1S/C29H29N9O/c30-29-27(13-25(34-35-29)24-5-1-2-6-28(24)39)37-16-22-7-8-23(17-37)38(22)21-9-10-31-20(12-21)4-3-11-36-15-19-14-32-33-26(19)18-36/h1-2,5-6,9-10,12-14,22-23,39H,7-8,11,15-18H2,(H2,30,35)(H,32,33). The minimum atomic E-state index is 0.177. The lowest BCUT2D eigenvalue weighted by Crippen LogP contribution is -2.54. The van der Waals surface area contributed by atoms with Crippen LogP contribution in [0.25, 0.3) is 11.3 Å². The number of benzene rings is 1. The van der Waals surface area contributed by atoms with Crippen LogP contribution < -0.4 is 15.5 Å². The fraction of sp³-hybridized carbons (Fsp3) is 0.310. The van der Waals surface area contributed by atoms with Crippen molar-refractivity contribution in [3.05, 3.63) is 71.8 Å². The Morgan fingerprint density at radius 3 is 2.72 bits per heavy atom. The van der Waals surface area contributed by atoms with Gasteiger partial charge in [-0.05, 0) is 49.1 Å². The van der Waals surface area contributed by atoms with Gasteiger partial charge in [-0.1, -0.05) is 18.1 Å². The van der Waals surface area contributed by atoms with Gasteiger partial charge in [0, 0.05) is 61.3 Å². The number of aromatic amines is 1. The molecule has 10 nitrogen and oxygen atoms in total. The maximum atomic E-state index is 10.3. The van der Waals surface area contributed by atoms with E-state index in [1.165, 1.54) is 16.9 Å². The van der Waals surface area contributed by atoms with Crippen LogP contribution in [0.1, 0.15) is 29.8 Å². The second-order valence-electron chi connectivity index (χ2n) is 10.4. The zero-order valence-electron chi connectivity index (χ0n) is 21.5. The molecule has 2 unspecified atom stereocenters. The number of phenolic OH excluding ortho intramolecular Hbond substituents is 1. The van der Waals surface area contributed by atoms with Crippen molar-refractivity contribution in [2.75, 3.05) is 35.2 Å². The van der Waals surface area contributed by atoms with Crippen LogP contribution in [-0.2, 0) is 13.1 Å². The number of para-hydroxylation sites is 1. The Labute approximate surface area is 226 Å². The highest BCUT2D eigenvalue weighted by Gasteiger charge is 2.40. The summed E-state index contributed by atoms with van der Waals surface area (Å²) >= 11 is 0. The van der Waals surface area contributed by atoms with Crippen LogP contribution in [0.4, 0.5) is 17.2 Å². The number of pyridine rings is 1. The van der Waals surface area contributed by atoms with Crippen molar-refractivity contribution in [1.82, 2.24) is 30.3 Å². The van der Waals surface area contributed by atoms with Crippen LogP contribution >= 0.6 is 0 Å². The molecule has 0 spiro atoms. The van der Waals surface area contributed by atoms with Crippen molar-refractivity contribution in [2.45, 2.75) is 38.0 Å². The van der Waals surface area contributed by atoms with Gasteiger partial charge in [-0.2, -0.15) is 5.10 Å². The summed E-state index contributed by atoms with van der Waals surface area (Å²) in [6.07, 6.45) is 5.98. The molecule has 3 aliphatic rings. The zero-order valence-corrected chi connectivity index (χ0v) is 21.5. The van der Waals surface area contributed by atoms with E-state index in [2.05, 4.69) is 64.1 Å². The van der Waals surface area contributed by atoms with E-state index >= 15 is 0 Å². The first kappa shape index (κ1) is 23.5. The highest BCUT2D eigenvalue weighted by molar-refractivity contribution is 5.74. The summed E-state index contributed by atoms with van der Waals surface area (Å²) in [6.45, 7) is 4.10. The molecule has 2 bridgehead atoms. The molecule has 196 valence electrons. The molecule has 39 heavy (non-hydrogen) atoms. The Morgan fingerprint density at radius 1 is 1.05 bits per heavy atom. The van der Waals surface area contributed by atoms with Gasteiger partial charge in [-0.3, -0.25) is 10.00 Å². The Morgan fingerprint density at radius 2 is 1.90 bits per heavy atom. The minimum absolute atomic E-state index is 0.177. The SMILES string of the molecule is Nc1nnc(-c2ccccc2O)cc1N1CC2CCC(C1)N2c1ccnc(C#CCN2Cc3cn[nH]c3C2)c1. The van der Waals surface area contributed by atoms with E-state index in [-0.39, 0.29) is 5.75 Å². The van der Waals surface area contributed by atoms with Crippen molar-refractivity contribution >= 4 is 17.2 Å². The second-order valence-corrected chi connectivity index (χ2v) is 10.4. The third kappa shape index (κ3) is 4.41. The van der Waals surface area contributed by atoms with Gasteiger partial charge in [0.2, 0.25) is 0 Å². The number of anilines is 3. The summed E-state index contributed by atoms with van der Waals surface area (Å²) in [7, 11) is 0. The number of nitrogens with two attached hydrogens (primary N) is 1. The third-order valence-corrected chi connectivity index (χ3v) is 7.95. The highest BCUT2D eigenvalue weighted by atomic mass is 16.3. The van der Waals surface area contributed by atoms with Crippen molar-refractivity contribution < 1.29 is 5.11 Å². The lowest BCUT2D eigenvalue weighted by Gasteiger charge is -2.43. The first-order valence-electron chi connectivity index (χ1n) is 13.3. The summed E-state index contributed by atoms with van der Waals surface area (Å²) in [4.78, 5) is 11.7. The molecule has 0 amide bonds.